The van der Waals surface area contributed by atoms with E-state index in [1.165, 1.54) is 12.3 Å². The van der Waals surface area contributed by atoms with Crippen molar-refractivity contribution in [3.63, 3.8) is 0 Å². The Morgan fingerprint density at radius 2 is 2.06 bits per heavy atom. The molecule has 0 unspecified atom stereocenters. The van der Waals surface area contributed by atoms with E-state index >= 15 is 0 Å². The Labute approximate surface area is 89.7 Å². The van der Waals surface area contributed by atoms with Gasteiger partial charge in [0.2, 0.25) is 0 Å². The van der Waals surface area contributed by atoms with Gasteiger partial charge in [0.05, 0.1) is 11.6 Å². The molecule has 2 aromatic heterocycles. The number of hydrogen-bond acceptors (Lipinski definition) is 4. The molecule has 0 saturated heterocycles. The Bertz CT molecular complexity index is 749. The van der Waals surface area contributed by atoms with Gasteiger partial charge in [0, 0.05) is 12.1 Å². The van der Waals surface area contributed by atoms with Gasteiger partial charge in [-0.15, -0.1) is 0 Å². The summed E-state index contributed by atoms with van der Waals surface area (Å²) < 4.78 is 10.5. The van der Waals surface area contributed by atoms with Gasteiger partial charge < -0.3 is 13.9 Å². The second-order valence-corrected chi connectivity index (χ2v) is 3.65. The van der Waals surface area contributed by atoms with Crippen LogP contribution in [-0.4, -0.2) is 5.11 Å². The van der Waals surface area contributed by atoms with Crippen LogP contribution < -0.4 is 5.43 Å². The Morgan fingerprint density at radius 3 is 2.88 bits per heavy atom. The highest BCUT2D eigenvalue weighted by atomic mass is 16.3. The molecule has 0 aliphatic heterocycles. The smallest absolute Gasteiger partial charge is 0.196 e. The molecule has 4 heteroatoms. The zero-order valence-corrected chi connectivity index (χ0v) is 8.48. The average molecular weight is 216 g/mol. The molecule has 4 nitrogen and oxygen atoms in total. The van der Waals surface area contributed by atoms with E-state index in [2.05, 4.69) is 0 Å². The van der Waals surface area contributed by atoms with Crippen LogP contribution >= 0.6 is 0 Å². The van der Waals surface area contributed by atoms with Crippen molar-refractivity contribution in [2.75, 3.05) is 0 Å². The summed E-state index contributed by atoms with van der Waals surface area (Å²) in [6.07, 6.45) is 1.46. The fourth-order valence-electron chi connectivity index (χ4n) is 1.85. The second kappa shape index (κ2) is 2.88. The number of hydrogen-bond donors (Lipinski definition) is 1. The fraction of sp³-hybridized carbons (Fsp3) is 0.0833. The minimum Gasteiger partial charge on any atom is -0.506 e. The Hall–Kier alpha value is -2.23. The first kappa shape index (κ1) is 9.03. The maximum Gasteiger partial charge on any atom is 0.196 e. The van der Waals surface area contributed by atoms with Crippen molar-refractivity contribution < 1.29 is 13.9 Å². The first-order chi connectivity index (χ1) is 7.66. The summed E-state index contributed by atoms with van der Waals surface area (Å²) in [5.41, 5.74) is 0.586. The number of aromatic hydroxyl groups is 1. The van der Waals surface area contributed by atoms with Crippen molar-refractivity contribution in [3.05, 3.63) is 40.4 Å². The summed E-state index contributed by atoms with van der Waals surface area (Å²) in [6, 6.07) is 4.58. The van der Waals surface area contributed by atoms with Crippen LogP contribution in [0.4, 0.5) is 0 Å². The van der Waals surface area contributed by atoms with Crippen LogP contribution in [-0.2, 0) is 0 Å². The Morgan fingerprint density at radius 1 is 1.25 bits per heavy atom. The van der Waals surface area contributed by atoms with Crippen LogP contribution in [0.15, 0.2) is 38.1 Å². The highest BCUT2D eigenvalue weighted by Gasteiger charge is 2.13. The number of benzene rings is 1. The number of fused-ring (bicyclic) bond motifs is 2. The molecule has 16 heavy (non-hydrogen) atoms. The molecule has 1 aromatic carbocycles. The zero-order chi connectivity index (χ0) is 11.3. The lowest BCUT2D eigenvalue weighted by Gasteiger charge is -2.01. The third-order valence-electron chi connectivity index (χ3n) is 2.55. The van der Waals surface area contributed by atoms with Crippen LogP contribution in [0.25, 0.3) is 21.9 Å². The number of phenols is 1. The predicted octanol–water partition coefficient (Wildman–Crippen LogP) is 2.55. The molecule has 0 aliphatic rings. The number of phenolic OH excluding ortho intramolecular Hbond substituents is 1. The van der Waals surface area contributed by atoms with Crippen LogP contribution in [0.5, 0.6) is 5.75 Å². The molecule has 0 amide bonds. The molecule has 0 atom stereocenters. The van der Waals surface area contributed by atoms with Crippen LogP contribution in [0, 0.1) is 6.92 Å². The van der Waals surface area contributed by atoms with Crippen molar-refractivity contribution >= 4 is 21.9 Å². The maximum absolute atomic E-state index is 11.7. The highest BCUT2D eigenvalue weighted by Crippen LogP contribution is 2.32. The minimum absolute atomic E-state index is 0.0880. The van der Waals surface area contributed by atoms with E-state index in [1.807, 2.05) is 0 Å². The normalized spacial score (nSPS) is 11.3. The summed E-state index contributed by atoms with van der Waals surface area (Å²) in [5.74, 6) is 0.415. The third-order valence-corrected chi connectivity index (χ3v) is 2.55. The molecular weight excluding hydrogens is 208 g/mol. The molecule has 0 spiro atoms. The first-order valence-electron chi connectivity index (χ1n) is 4.80. The van der Waals surface area contributed by atoms with Crippen molar-refractivity contribution in [2.45, 2.75) is 6.92 Å². The molecular formula is C12H8O4. The van der Waals surface area contributed by atoms with Gasteiger partial charge in [-0.1, -0.05) is 0 Å². The molecule has 0 saturated carbocycles. The topological polar surface area (TPSA) is 63.6 Å². The Kier molecular flexibility index (Phi) is 1.63. The standard InChI is InChI=1S/C12H8O4/c1-6-4-8(13)11-10(16-6)5-9-7(12(11)14)2-3-15-9/h2-5,14H,1H3. The van der Waals surface area contributed by atoms with Crippen LogP contribution in [0.1, 0.15) is 5.76 Å². The van der Waals surface area contributed by atoms with E-state index in [9.17, 15) is 9.90 Å². The van der Waals surface area contributed by atoms with Gasteiger partial charge in [0.1, 0.15) is 28.1 Å². The average Bonchev–Trinajstić information content (AvgIpc) is 2.64. The predicted molar refractivity (Wildman–Crippen MR) is 58.7 cm³/mol. The highest BCUT2D eigenvalue weighted by molar-refractivity contribution is 6.00. The molecule has 3 aromatic rings. The third kappa shape index (κ3) is 1.07. The quantitative estimate of drug-likeness (QED) is 0.627. The van der Waals surface area contributed by atoms with Crippen molar-refractivity contribution in [3.8, 4) is 5.75 Å². The van der Waals surface area contributed by atoms with E-state index in [0.717, 1.165) is 0 Å². The lowest BCUT2D eigenvalue weighted by Crippen LogP contribution is -2.00. The number of rotatable bonds is 0. The molecule has 0 fully saturated rings. The molecule has 2 heterocycles. The van der Waals surface area contributed by atoms with Crippen molar-refractivity contribution in [1.29, 1.82) is 0 Å². The summed E-state index contributed by atoms with van der Waals surface area (Å²) in [5, 5.41) is 10.7. The van der Waals surface area contributed by atoms with Crippen molar-refractivity contribution in [2.24, 2.45) is 0 Å². The summed E-state index contributed by atoms with van der Waals surface area (Å²) in [7, 11) is 0. The van der Waals surface area contributed by atoms with Gasteiger partial charge in [-0.25, -0.2) is 0 Å². The maximum atomic E-state index is 11.7. The van der Waals surface area contributed by atoms with Gasteiger partial charge in [-0.2, -0.15) is 0 Å². The molecule has 1 N–H and O–H groups in total. The van der Waals surface area contributed by atoms with Gasteiger partial charge in [-0.3, -0.25) is 4.79 Å². The van der Waals surface area contributed by atoms with E-state index in [1.54, 1.807) is 19.1 Å². The van der Waals surface area contributed by atoms with Gasteiger partial charge in [-0.05, 0) is 13.0 Å². The second-order valence-electron chi connectivity index (χ2n) is 3.65. The largest absolute Gasteiger partial charge is 0.506 e. The van der Waals surface area contributed by atoms with Gasteiger partial charge >= 0.3 is 0 Å². The van der Waals surface area contributed by atoms with E-state index in [-0.39, 0.29) is 16.6 Å². The van der Waals surface area contributed by atoms with Gasteiger partial charge in [0.15, 0.2) is 5.43 Å². The summed E-state index contributed by atoms with van der Waals surface area (Å²) in [6.45, 7) is 1.68. The molecule has 80 valence electrons. The minimum atomic E-state index is -0.251. The number of furan rings is 1. The first-order valence-corrected chi connectivity index (χ1v) is 4.80. The monoisotopic (exact) mass is 216 g/mol. The molecule has 0 radical (unpaired) electrons. The molecule has 0 aliphatic carbocycles. The lowest BCUT2D eigenvalue weighted by molar-refractivity contribution is 0.484. The van der Waals surface area contributed by atoms with E-state index < -0.39 is 0 Å². The fourth-order valence-corrected chi connectivity index (χ4v) is 1.85. The van der Waals surface area contributed by atoms with Gasteiger partial charge in [0.25, 0.3) is 0 Å². The Balaban J connectivity index is 2.67. The number of aryl methyl sites for hydroxylation is 1. The van der Waals surface area contributed by atoms with E-state index in [0.29, 0.717) is 22.3 Å². The van der Waals surface area contributed by atoms with Crippen LogP contribution in [0.3, 0.4) is 0 Å². The zero-order valence-electron chi connectivity index (χ0n) is 8.48. The molecule has 3 rings (SSSR count). The van der Waals surface area contributed by atoms with Crippen LogP contribution in [0.2, 0.25) is 0 Å². The SMILES string of the molecule is Cc1cc(=O)c2c(O)c3ccoc3cc2o1. The molecule has 0 bridgehead atoms. The van der Waals surface area contributed by atoms with E-state index in [4.69, 9.17) is 8.83 Å². The van der Waals surface area contributed by atoms with Crippen molar-refractivity contribution in [1.82, 2.24) is 0 Å². The summed E-state index contributed by atoms with van der Waals surface area (Å²) >= 11 is 0. The lowest BCUT2D eigenvalue weighted by atomic mass is 10.1. The summed E-state index contributed by atoms with van der Waals surface area (Å²) in [4.78, 5) is 11.7.